The summed E-state index contributed by atoms with van der Waals surface area (Å²) in [5.74, 6) is 0. The molecule has 1 unspecified atom stereocenters. The van der Waals surface area contributed by atoms with Gasteiger partial charge in [-0.05, 0) is 38.3 Å². The van der Waals surface area contributed by atoms with Gasteiger partial charge in [-0.1, -0.05) is 23.0 Å². The Morgan fingerprint density at radius 2 is 2.26 bits per heavy atom. The lowest BCUT2D eigenvalue weighted by molar-refractivity contribution is 0.468. The van der Waals surface area contributed by atoms with Crippen molar-refractivity contribution in [2.24, 2.45) is 0 Å². The number of hydrogen-bond donors (Lipinski definition) is 1. The Balaban J connectivity index is 2.40. The van der Waals surface area contributed by atoms with E-state index >= 15 is 0 Å². The molecule has 19 heavy (non-hydrogen) atoms. The van der Waals surface area contributed by atoms with Gasteiger partial charge in [0.15, 0.2) is 0 Å². The molecule has 2 aromatic rings. The van der Waals surface area contributed by atoms with Gasteiger partial charge in [-0.2, -0.15) is 5.10 Å². The Kier molecular flexibility index (Phi) is 4.90. The van der Waals surface area contributed by atoms with Gasteiger partial charge in [0.25, 0.3) is 0 Å². The number of halogens is 1. The molecule has 0 saturated heterocycles. The van der Waals surface area contributed by atoms with Crippen LogP contribution >= 0.6 is 23.1 Å². The summed E-state index contributed by atoms with van der Waals surface area (Å²) in [6, 6.07) is 0.191. The maximum absolute atomic E-state index is 6.31. The Bertz CT molecular complexity index is 508. The lowest BCUT2D eigenvalue weighted by atomic mass is 10.1. The van der Waals surface area contributed by atoms with E-state index in [2.05, 4.69) is 40.8 Å². The van der Waals surface area contributed by atoms with Crippen molar-refractivity contribution in [1.29, 1.82) is 0 Å². The highest BCUT2D eigenvalue weighted by Gasteiger charge is 2.24. The van der Waals surface area contributed by atoms with E-state index in [0.29, 0.717) is 5.02 Å². The first-order valence-corrected chi connectivity index (χ1v) is 7.59. The molecule has 7 heteroatoms. The number of rotatable bonds is 6. The Hall–Kier alpha value is -0.980. The number of hydrogen-bond acceptors (Lipinski definition) is 5. The van der Waals surface area contributed by atoms with Crippen LogP contribution in [0, 0.1) is 0 Å². The van der Waals surface area contributed by atoms with Crippen LogP contribution in [0.2, 0.25) is 5.02 Å². The molecule has 2 rings (SSSR count). The molecule has 0 fully saturated rings. The minimum Gasteiger partial charge on any atom is -0.304 e. The second-order valence-corrected chi connectivity index (χ2v) is 5.65. The van der Waals surface area contributed by atoms with Crippen LogP contribution in [0.4, 0.5) is 0 Å². The quantitative estimate of drug-likeness (QED) is 0.890. The summed E-state index contributed by atoms with van der Waals surface area (Å²) in [4.78, 5) is 0. The van der Waals surface area contributed by atoms with Gasteiger partial charge in [-0.15, -0.1) is 5.10 Å². The number of aromatic nitrogens is 4. The van der Waals surface area contributed by atoms with Crippen molar-refractivity contribution in [1.82, 2.24) is 24.7 Å². The molecule has 5 nitrogen and oxygen atoms in total. The van der Waals surface area contributed by atoms with E-state index in [-0.39, 0.29) is 12.1 Å². The van der Waals surface area contributed by atoms with Crippen LogP contribution in [0.15, 0.2) is 11.6 Å². The Morgan fingerprint density at radius 3 is 2.84 bits per heavy atom. The summed E-state index contributed by atoms with van der Waals surface area (Å²) in [7, 11) is 0. The minimum absolute atomic E-state index is 0.0592. The molecule has 1 atom stereocenters. The molecule has 0 radical (unpaired) electrons. The van der Waals surface area contributed by atoms with Crippen LogP contribution in [0.5, 0.6) is 0 Å². The average Bonchev–Trinajstić information content (AvgIpc) is 3.01. The fourth-order valence-corrected chi connectivity index (χ4v) is 2.68. The highest BCUT2D eigenvalue weighted by atomic mass is 35.5. The van der Waals surface area contributed by atoms with Crippen molar-refractivity contribution >= 4 is 23.1 Å². The zero-order valence-corrected chi connectivity index (χ0v) is 12.9. The van der Waals surface area contributed by atoms with Gasteiger partial charge in [0.2, 0.25) is 0 Å². The summed E-state index contributed by atoms with van der Waals surface area (Å²) >= 11 is 7.66. The van der Waals surface area contributed by atoms with Crippen LogP contribution in [0.25, 0.3) is 0 Å². The van der Waals surface area contributed by atoms with E-state index in [0.717, 1.165) is 24.4 Å². The fraction of sp³-hybridized carbons (Fsp3) is 0.583. The molecule has 104 valence electrons. The summed E-state index contributed by atoms with van der Waals surface area (Å²) in [5.41, 5.74) is 1.85. The van der Waals surface area contributed by atoms with Gasteiger partial charge in [-0.25, -0.2) is 0 Å². The topological polar surface area (TPSA) is 55.6 Å². The SMILES string of the molecule is CCCNC(c1csnn1)c1c(Cl)cnn1C(C)C. The predicted molar refractivity (Wildman–Crippen MR) is 77.7 cm³/mol. The third-order valence-electron chi connectivity index (χ3n) is 2.82. The third-order valence-corrected chi connectivity index (χ3v) is 3.63. The molecular weight excluding hydrogens is 282 g/mol. The summed E-state index contributed by atoms with van der Waals surface area (Å²) in [6.45, 7) is 7.19. The summed E-state index contributed by atoms with van der Waals surface area (Å²) in [6.07, 6.45) is 2.73. The molecular formula is C12H18ClN5S. The first kappa shape index (κ1) is 14.4. The molecule has 2 heterocycles. The van der Waals surface area contributed by atoms with Gasteiger partial charge >= 0.3 is 0 Å². The van der Waals surface area contributed by atoms with Crippen molar-refractivity contribution in [2.75, 3.05) is 6.54 Å². The van der Waals surface area contributed by atoms with Crippen molar-refractivity contribution in [3.05, 3.63) is 28.0 Å². The number of nitrogens with one attached hydrogen (secondary N) is 1. The predicted octanol–water partition coefficient (Wildman–Crippen LogP) is 3.06. The summed E-state index contributed by atoms with van der Waals surface area (Å²) in [5, 5.41) is 14.6. The van der Waals surface area contributed by atoms with Crippen molar-refractivity contribution in [3.63, 3.8) is 0 Å². The number of nitrogens with zero attached hydrogens (tertiary/aromatic N) is 4. The van der Waals surface area contributed by atoms with E-state index in [1.165, 1.54) is 11.5 Å². The zero-order chi connectivity index (χ0) is 13.8. The molecule has 0 spiro atoms. The van der Waals surface area contributed by atoms with E-state index in [1.807, 2.05) is 10.1 Å². The second-order valence-electron chi connectivity index (χ2n) is 4.63. The first-order valence-electron chi connectivity index (χ1n) is 6.38. The van der Waals surface area contributed by atoms with Gasteiger partial charge < -0.3 is 5.32 Å². The largest absolute Gasteiger partial charge is 0.304 e. The minimum atomic E-state index is -0.0592. The molecule has 0 bridgehead atoms. The summed E-state index contributed by atoms with van der Waals surface area (Å²) < 4.78 is 5.88. The van der Waals surface area contributed by atoms with E-state index in [9.17, 15) is 0 Å². The highest BCUT2D eigenvalue weighted by Crippen LogP contribution is 2.29. The van der Waals surface area contributed by atoms with Gasteiger partial charge in [0.05, 0.1) is 28.6 Å². The zero-order valence-electron chi connectivity index (χ0n) is 11.3. The van der Waals surface area contributed by atoms with E-state index in [4.69, 9.17) is 11.6 Å². The first-order chi connectivity index (χ1) is 9.15. The van der Waals surface area contributed by atoms with Crippen LogP contribution < -0.4 is 5.32 Å². The standard InChI is InChI=1S/C12H18ClN5S/c1-4-5-14-11(10-7-19-17-16-10)12-9(13)6-15-18(12)8(2)3/h6-8,11,14H,4-5H2,1-3H3. The molecule has 1 N–H and O–H groups in total. The average molecular weight is 300 g/mol. The third kappa shape index (κ3) is 3.13. The van der Waals surface area contributed by atoms with Gasteiger partial charge in [0, 0.05) is 11.4 Å². The maximum Gasteiger partial charge on any atom is 0.0986 e. The van der Waals surface area contributed by atoms with Crippen molar-refractivity contribution in [2.45, 2.75) is 39.3 Å². The molecule has 0 aliphatic rings. The molecule has 0 aromatic carbocycles. The monoisotopic (exact) mass is 299 g/mol. The molecule has 0 amide bonds. The maximum atomic E-state index is 6.31. The van der Waals surface area contributed by atoms with E-state index in [1.54, 1.807) is 6.20 Å². The molecule has 2 aromatic heterocycles. The highest BCUT2D eigenvalue weighted by molar-refractivity contribution is 7.03. The lowest BCUT2D eigenvalue weighted by Gasteiger charge is -2.20. The molecule has 0 saturated carbocycles. The Labute approximate surface area is 122 Å². The van der Waals surface area contributed by atoms with Crippen LogP contribution in [0.3, 0.4) is 0 Å². The smallest absolute Gasteiger partial charge is 0.0986 e. The van der Waals surface area contributed by atoms with Crippen molar-refractivity contribution in [3.8, 4) is 0 Å². The Morgan fingerprint density at radius 1 is 1.47 bits per heavy atom. The molecule has 0 aliphatic heterocycles. The molecule has 0 aliphatic carbocycles. The van der Waals surface area contributed by atoms with Crippen LogP contribution in [-0.4, -0.2) is 25.9 Å². The van der Waals surface area contributed by atoms with Gasteiger partial charge in [0.1, 0.15) is 0 Å². The van der Waals surface area contributed by atoms with E-state index < -0.39 is 0 Å². The normalized spacial score (nSPS) is 13.1. The van der Waals surface area contributed by atoms with Crippen LogP contribution in [-0.2, 0) is 0 Å². The fourth-order valence-electron chi connectivity index (χ4n) is 1.96. The lowest BCUT2D eigenvalue weighted by Crippen LogP contribution is -2.27. The second kappa shape index (κ2) is 6.45. The van der Waals surface area contributed by atoms with Crippen molar-refractivity contribution < 1.29 is 0 Å². The van der Waals surface area contributed by atoms with Gasteiger partial charge in [-0.3, -0.25) is 4.68 Å². The van der Waals surface area contributed by atoms with Crippen LogP contribution in [0.1, 0.15) is 50.7 Å².